The van der Waals surface area contributed by atoms with E-state index in [1.165, 1.54) is 7.05 Å². The molecule has 0 unspecified atom stereocenters. The molecule has 116 valence electrons. The Hall–Kier alpha value is -2.35. The van der Waals surface area contributed by atoms with Crippen molar-refractivity contribution in [3.63, 3.8) is 0 Å². The number of thioether (sulfide) groups is 1. The molecule has 0 aliphatic carbocycles. The second-order valence-corrected chi connectivity index (χ2v) is 5.29. The van der Waals surface area contributed by atoms with E-state index in [1.807, 2.05) is 30.3 Å². The van der Waals surface area contributed by atoms with E-state index in [0.29, 0.717) is 17.5 Å². The minimum atomic E-state index is -0.267. The summed E-state index contributed by atoms with van der Waals surface area (Å²) >= 11 is 1.14. The van der Waals surface area contributed by atoms with E-state index < -0.39 is 0 Å². The zero-order valence-corrected chi connectivity index (χ0v) is 12.9. The number of aromatic nitrogens is 2. The van der Waals surface area contributed by atoms with Gasteiger partial charge in [0.2, 0.25) is 17.7 Å². The fourth-order valence-corrected chi connectivity index (χ4v) is 2.19. The summed E-state index contributed by atoms with van der Waals surface area (Å²) in [6.07, 6.45) is 0.553. The number of hydrogen-bond acceptors (Lipinski definition) is 6. The fraction of sp³-hybridized carbons (Fsp3) is 0.286. The largest absolute Gasteiger partial charge is 0.416 e. The van der Waals surface area contributed by atoms with Gasteiger partial charge in [0.05, 0.1) is 18.7 Å². The zero-order valence-electron chi connectivity index (χ0n) is 12.0. The Morgan fingerprint density at radius 3 is 2.68 bits per heavy atom. The van der Waals surface area contributed by atoms with Crippen LogP contribution in [-0.4, -0.2) is 41.4 Å². The van der Waals surface area contributed by atoms with Crippen molar-refractivity contribution in [3.05, 3.63) is 41.8 Å². The third-order valence-electron chi connectivity index (χ3n) is 2.70. The van der Waals surface area contributed by atoms with E-state index in [2.05, 4.69) is 20.8 Å². The first-order chi connectivity index (χ1) is 10.7. The molecule has 0 saturated carbocycles. The molecule has 0 aliphatic heterocycles. The zero-order chi connectivity index (χ0) is 15.8. The lowest BCUT2D eigenvalue weighted by molar-refractivity contribution is -0.124. The molecule has 2 amide bonds. The molecular formula is C14H16N4O3S. The topological polar surface area (TPSA) is 97.1 Å². The molecule has 0 radical (unpaired) electrons. The first-order valence-electron chi connectivity index (χ1n) is 6.63. The van der Waals surface area contributed by atoms with Gasteiger partial charge in [-0.1, -0.05) is 42.1 Å². The van der Waals surface area contributed by atoms with Gasteiger partial charge in [0.1, 0.15) is 0 Å². The summed E-state index contributed by atoms with van der Waals surface area (Å²) in [6.45, 7) is -0.0427. The van der Waals surface area contributed by atoms with Crippen LogP contribution in [0.2, 0.25) is 0 Å². The van der Waals surface area contributed by atoms with Crippen LogP contribution in [-0.2, 0) is 16.0 Å². The summed E-state index contributed by atoms with van der Waals surface area (Å²) in [5, 5.41) is 13.1. The first kappa shape index (κ1) is 16.0. The maximum absolute atomic E-state index is 11.5. The molecule has 2 N–H and O–H groups in total. The average Bonchev–Trinajstić information content (AvgIpc) is 2.99. The van der Waals surface area contributed by atoms with Crippen molar-refractivity contribution in [3.8, 4) is 0 Å². The summed E-state index contributed by atoms with van der Waals surface area (Å²) in [5.74, 6) is 0.0985. The Balaban J connectivity index is 1.77. The standard InChI is InChI=1S/C14H16N4O3S/c1-15-11(19)8-16-12(20)9-22-14-18-17-13(21-14)7-10-5-3-2-4-6-10/h2-6H,7-9H2,1H3,(H,15,19)(H,16,20). The Kier molecular flexibility index (Phi) is 5.96. The van der Waals surface area contributed by atoms with Gasteiger partial charge in [0, 0.05) is 7.05 Å². The van der Waals surface area contributed by atoms with Crippen molar-refractivity contribution in [1.82, 2.24) is 20.8 Å². The number of amides is 2. The lowest BCUT2D eigenvalue weighted by Gasteiger charge is -2.02. The van der Waals surface area contributed by atoms with Gasteiger partial charge in [0.15, 0.2) is 0 Å². The van der Waals surface area contributed by atoms with Gasteiger partial charge >= 0.3 is 0 Å². The predicted molar refractivity (Wildman–Crippen MR) is 81.3 cm³/mol. The van der Waals surface area contributed by atoms with Crippen molar-refractivity contribution in [2.75, 3.05) is 19.3 Å². The van der Waals surface area contributed by atoms with Crippen molar-refractivity contribution < 1.29 is 14.0 Å². The summed E-state index contributed by atoms with van der Waals surface area (Å²) in [4.78, 5) is 22.5. The molecular weight excluding hydrogens is 304 g/mol. The van der Waals surface area contributed by atoms with E-state index in [4.69, 9.17) is 4.42 Å². The second kappa shape index (κ2) is 8.18. The number of carbonyl (C=O) groups excluding carboxylic acids is 2. The number of benzene rings is 1. The smallest absolute Gasteiger partial charge is 0.277 e. The number of nitrogens with zero attached hydrogens (tertiary/aromatic N) is 2. The minimum Gasteiger partial charge on any atom is -0.416 e. The van der Waals surface area contributed by atoms with Crippen LogP contribution in [0.3, 0.4) is 0 Å². The molecule has 0 fully saturated rings. The average molecular weight is 320 g/mol. The van der Waals surface area contributed by atoms with E-state index in [0.717, 1.165) is 17.3 Å². The maximum atomic E-state index is 11.5. The van der Waals surface area contributed by atoms with Gasteiger partial charge in [-0.2, -0.15) is 0 Å². The van der Waals surface area contributed by atoms with Gasteiger partial charge in [-0.15, -0.1) is 10.2 Å². The molecule has 1 aromatic carbocycles. The van der Waals surface area contributed by atoms with Crippen molar-refractivity contribution >= 4 is 23.6 Å². The highest BCUT2D eigenvalue weighted by Gasteiger charge is 2.10. The predicted octanol–water partition coefficient (Wildman–Crippen LogP) is 0.615. The van der Waals surface area contributed by atoms with Crippen molar-refractivity contribution in [1.29, 1.82) is 0 Å². The Bertz CT molecular complexity index is 630. The van der Waals surface area contributed by atoms with E-state index in [-0.39, 0.29) is 24.1 Å². The van der Waals surface area contributed by atoms with E-state index >= 15 is 0 Å². The molecule has 1 heterocycles. The van der Waals surface area contributed by atoms with Crippen LogP contribution in [0.4, 0.5) is 0 Å². The van der Waals surface area contributed by atoms with Crippen LogP contribution >= 0.6 is 11.8 Å². The molecule has 7 nitrogen and oxygen atoms in total. The van der Waals surface area contributed by atoms with Crippen molar-refractivity contribution in [2.24, 2.45) is 0 Å². The molecule has 0 bridgehead atoms. The van der Waals surface area contributed by atoms with Crippen LogP contribution in [0.5, 0.6) is 0 Å². The van der Waals surface area contributed by atoms with Gasteiger partial charge in [-0.25, -0.2) is 0 Å². The third kappa shape index (κ3) is 5.21. The SMILES string of the molecule is CNC(=O)CNC(=O)CSc1nnc(Cc2ccccc2)o1. The van der Waals surface area contributed by atoms with E-state index in [9.17, 15) is 9.59 Å². The maximum Gasteiger partial charge on any atom is 0.277 e. The van der Waals surface area contributed by atoms with Gasteiger partial charge in [-0.3, -0.25) is 9.59 Å². The number of carbonyl (C=O) groups is 2. The molecule has 2 rings (SSSR count). The highest BCUT2D eigenvalue weighted by atomic mass is 32.2. The lowest BCUT2D eigenvalue weighted by atomic mass is 10.2. The van der Waals surface area contributed by atoms with Crippen LogP contribution in [0, 0.1) is 0 Å². The quantitative estimate of drug-likeness (QED) is 0.726. The lowest BCUT2D eigenvalue weighted by Crippen LogP contribution is -2.35. The van der Waals surface area contributed by atoms with Gasteiger partial charge < -0.3 is 15.1 Å². The second-order valence-electron chi connectivity index (χ2n) is 4.36. The number of nitrogens with one attached hydrogen (secondary N) is 2. The number of likely N-dealkylation sites (N-methyl/N-ethyl adjacent to an activating group) is 1. The first-order valence-corrected chi connectivity index (χ1v) is 7.62. The Morgan fingerprint density at radius 1 is 1.18 bits per heavy atom. The molecule has 0 atom stereocenters. The highest BCUT2D eigenvalue weighted by molar-refractivity contribution is 7.99. The van der Waals surface area contributed by atoms with Crippen LogP contribution in [0.25, 0.3) is 0 Å². The molecule has 0 saturated heterocycles. The van der Waals surface area contributed by atoms with Gasteiger partial charge in [-0.05, 0) is 5.56 Å². The van der Waals surface area contributed by atoms with Gasteiger partial charge in [0.25, 0.3) is 5.22 Å². The molecule has 8 heteroatoms. The summed E-state index contributed by atoms with van der Waals surface area (Å²) in [5.41, 5.74) is 1.08. The summed E-state index contributed by atoms with van der Waals surface area (Å²) in [7, 11) is 1.51. The van der Waals surface area contributed by atoms with Crippen LogP contribution in [0.15, 0.2) is 40.0 Å². The summed E-state index contributed by atoms with van der Waals surface area (Å²) in [6, 6.07) is 9.78. The molecule has 22 heavy (non-hydrogen) atoms. The number of rotatable bonds is 7. The minimum absolute atomic E-state index is 0.0427. The van der Waals surface area contributed by atoms with E-state index in [1.54, 1.807) is 0 Å². The monoisotopic (exact) mass is 320 g/mol. The number of hydrogen-bond donors (Lipinski definition) is 2. The third-order valence-corrected chi connectivity index (χ3v) is 3.52. The Morgan fingerprint density at radius 2 is 1.95 bits per heavy atom. The van der Waals surface area contributed by atoms with Crippen LogP contribution < -0.4 is 10.6 Å². The van der Waals surface area contributed by atoms with Crippen LogP contribution in [0.1, 0.15) is 11.5 Å². The molecule has 1 aromatic heterocycles. The molecule has 0 spiro atoms. The Labute approximate surface area is 131 Å². The summed E-state index contributed by atoms with van der Waals surface area (Å²) < 4.78 is 5.47. The fourth-order valence-electron chi connectivity index (χ4n) is 1.58. The van der Waals surface area contributed by atoms with Crippen molar-refractivity contribution in [2.45, 2.75) is 11.6 Å². The normalized spacial score (nSPS) is 10.2. The molecule has 2 aromatic rings. The highest BCUT2D eigenvalue weighted by Crippen LogP contribution is 2.17. The molecule has 0 aliphatic rings.